The van der Waals surface area contributed by atoms with Crippen molar-refractivity contribution in [2.75, 3.05) is 20.1 Å². The van der Waals surface area contributed by atoms with E-state index in [9.17, 15) is 9.59 Å². The van der Waals surface area contributed by atoms with Gasteiger partial charge in [-0.2, -0.15) is 0 Å². The number of hydrogen-bond acceptors (Lipinski definition) is 4. The lowest BCUT2D eigenvalue weighted by Crippen LogP contribution is -2.40. The summed E-state index contributed by atoms with van der Waals surface area (Å²) in [7, 11) is 1.66. The van der Waals surface area contributed by atoms with Crippen molar-refractivity contribution >= 4 is 12.0 Å². The number of carboxylic acid groups (broad SMARTS) is 1. The summed E-state index contributed by atoms with van der Waals surface area (Å²) in [5.41, 5.74) is 1.08. The average Bonchev–Trinajstić information content (AvgIpc) is 2.45. The molecule has 3 N–H and O–H groups in total. The van der Waals surface area contributed by atoms with Gasteiger partial charge in [-0.3, -0.25) is 4.98 Å². The number of hydrogen-bond donors (Lipinski definition) is 3. The highest BCUT2D eigenvalue weighted by molar-refractivity contribution is 5.74. The Bertz CT molecular complexity index is 439. The molecule has 0 aliphatic rings. The van der Waals surface area contributed by atoms with Crippen molar-refractivity contribution in [2.45, 2.75) is 18.9 Å². The fourth-order valence-corrected chi connectivity index (χ4v) is 1.52. The molecule has 1 atom stereocenters. The van der Waals surface area contributed by atoms with Gasteiger partial charge in [0, 0.05) is 39.0 Å². The minimum absolute atomic E-state index is 0.0146. The highest BCUT2D eigenvalue weighted by Gasteiger charge is 2.14. The van der Waals surface area contributed by atoms with E-state index in [2.05, 4.69) is 10.3 Å². The van der Waals surface area contributed by atoms with Crippen molar-refractivity contribution in [2.24, 2.45) is 0 Å². The summed E-state index contributed by atoms with van der Waals surface area (Å²) in [5.74, 6) is -1.29. The Morgan fingerprint density at radius 1 is 1.40 bits per heavy atom. The Labute approximate surface area is 117 Å². The number of carboxylic acids is 1. The van der Waals surface area contributed by atoms with Gasteiger partial charge in [-0.05, 0) is 24.1 Å². The van der Waals surface area contributed by atoms with Gasteiger partial charge in [0.2, 0.25) is 0 Å². The minimum atomic E-state index is -1.45. The molecule has 1 aromatic rings. The summed E-state index contributed by atoms with van der Waals surface area (Å²) in [4.78, 5) is 27.5. The molecule has 1 heterocycles. The average molecular weight is 281 g/mol. The van der Waals surface area contributed by atoms with Crippen molar-refractivity contribution < 1.29 is 19.8 Å². The maximum Gasteiger partial charge on any atom is 0.332 e. The van der Waals surface area contributed by atoms with Crippen LogP contribution in [0.1, 0.15) is 12.0 Å². The third-order valence-electron chi connectivity index (χ3n) is 2.81. The number of rotatable bonds is 7. The van der Waals surface area contributed by atoms with Gasteiger partial charge in [0.05, 0.1) is 0 Å². The van der Waals surface area contributed by atoms with Gasteiger partial charge in [-0.15, -0.1) is 0 Å². The molecule has 0 aromatic carbocycles. The van der Waals surface area contributed by atoms with Crippen LogP contribution >= 0.6 is 0 Å². The quantitative estimate of drug-likeness (QED) is 0.658. The molecule has 0 saturated carbocycles. The number of nitrogens with one attached hydrogen (secondary N) is 1. The van der Waals surface area contributed by atoms with Crippen LogP contribution in [0.5, 0.6) is 0 Å². The van der Waals surface area contributed by atoms with E-state index in [0.29, 0.717) is 13.0 Å². The first-order chi connectivity index (χ1) is 9.50. The monoisotopic (exact) mass is 281 g/mol. The van der Waals surface area contributed by atoms with Crippen molar-refractivity contribution in [1.82, 2.24) is 15.2 Å². The summed E-state index contributed by atoms with van der Waals surface area (Å²) in [6.45, 7) is 0.656. The summed E-state index contributed by atoms with van der Waals surface area (Å²) in [6, 6.07) is 3.47. The predicted molar refractivity (Wildman–Crippen MR) is 72.2 cm³/mol. The zero-order valence-corrected chi connectivity index (χ0v) is 11.3. The van der Waals surface area contributed by atoms with Crippen molar-refractivity contribution in [3.63, 3.8) is 0 Å². The van der Waals surface area contributed by atoms with Crippen LogP contribution in [0.25, 0.3) is 0 Å². The molecule has 0 radical (unpaired) electrons. The summed E-state index contributed by atoms with van der Waals surface area (Å²) in [5, 5.41) is 20.1. The SMILES string of the molecule is CN(CCc1ccncc1)C(=O)NCC[C@H](O)C(=O)O. The first-order valence-electron chi connectivity index (χ1n) is 6.29. The third kappa shape index (κ3) is 5.66. The number of aromatic nitrogens is 1. The number of aliphatic hydroxyl groups is 1. The normalized spacial score (nSPS) is 11.7. The molecule has 0 aliphatic carbocycles. The van der Waals surface area contributed by atoms with Crippen LogP contribution in [-0.4, -0.2) is 58.3 Å². The Kier molecular flexibility index (Phi) is 6.45. The number of urea groups is 1. The first-order valence-corrected chi connectivity index (χ1v) is 6.29. The number of aliphatic carboxylic acids is 1. The highest BCUT2D eigenvalue weighted by atomic mass is 16.4. The Morgan fingerprint density at radius 2 is 2.05 bits per heavy atom. The smallest absolute Gasteiger partial charge is 0.332 e. The fraction of sp³-hybridized carbons (Fsp3) is 0.462. The van der Waals surface area contributed by atoms with Gasteiger partial charge >= 0.3 is 12.0 Å². The third-order valence-corrected chi connectivity index (χ3v) is 2.81. The molecular weight excluding hydrogens is 262 g/mol. The van der Waals surface area contributed by atoms with Gasteiger partial charge in [-0.25, -0.2) is 9.59 Å². The maximum atomic E-state index is 11.7. The topological polar surface area (TPSA) is 103 Å². The van der Waals surface area contributed by atoms with Crippen molar-refractivity contribution in [1.29, 1.82) is 0 Å². The lowest BCUT2D eigenvalue weighted by atomic mass is 10.2. The molecular formula is C13H19N3O4. The zero-order valence-electron chi connectivity index (χ0n) is 11.3. The van der Waals surface area contributed by atoms with Crippen LogP contribution in [0.15, 0.2) is 24.5 Å². The molecule has 0 fully saturated rings. The maximum absolute atomic E-state index is 11.7. The van der Waals surface area contributed by atoms with Crippen LogP contribution in [0.2, 0.25) is 0 Å². The Hall–Kier alpha value is -2.15. The molecule has 7 nitrogen and oxygen atoms in total. The zero-order chi connectivity index (χ0) is 15.0. The van der Waals surface area contributed by atoms with Gasteiger partial charge < -0.3 is 20.4 Å². The first kappa shape index (κ1) is 15.9. The molecule has 0 aliphatic heterocycles. The van der Waals surface area contributed by atoms with E-state index in [0.717, 1.165) is 5.56 Å². The van der Waals surface area contributed by atoms with E-state index in [1.165, 1.54) is 4.90 Å². The van der Waals surface area contributed by atoms with E-state index >= 15 is 0 Å². The molecule has 0 bridgehead atoms. The highest BCUT2D eigenvalue weighted by Crippen LogP contribution is 1.99. The van der Waals surface area contributed by atoms with Crippen molar-refractivity contribution in [3.8, 4) is 0 Å². The summed E-state index contributed by atoms with van der Waals surface area (Å²) < 4.78 is 0. The molecule has 0 unspecified atom stereocenters. The molecule has 2 amide bonds. The molecule has 1 aromatic heterocycles. The molecule has 1 rings (SSSR count). The number of nitrogens with zero attached hydrogens (tertiary/aromatic N) is 2. The number of carbonyl (C=O) groups excluding carboxylic acids is 1. The van der Waals surface area contributed by atoms with Gasteiger partial charge in [0.1, 0.15) is 0 Å². The number of carbonyl (C=O) groups is 2. The van der Waals surface area contributed by atoms with Crippen LogP contribution in [0.3, 0.4) is 0 Å². The lowest BCUT2D eigenvalue weighted by Gasteiger charge is -2.18. The molecule has 0 spiro atoms. The molecule has 110 valence electrons. The van der Waals surface area contributed by atoms with Gasteiger partial charge in [0.25, 0.3) is 0 Å². The van der Waals surface area contributed by atoms with E-state index in [1.54, 1.807) is 19.4 Å². The molecule has 7 heteroatoms. The number of pyridine rings is 1. The standard InChI is InChI=1S/C13H19N3O4/c1-16(9-5-10-2-6-14-7-3-10)13(20)15-8-4-11(17)12(18)19/h2-3,6-7,11,17H,4-5,8-9H2,1H3,(H,15,20)(H,18,19)/t11-/m0/s1. The van der Waals surface area contributed by atoms with Crippen LogP contribution in [0.4, 0.5) is 4.79 Å². The van der Waals surface area contributed by atoms with Crippen molar-refractivity contribution in [3.05, 3.63) is 30.1 Å². The van der Waals surface area contributed by atoms with E-state index < -0.39 is 12.1 Å². The Balaban J connectivity index is 2.24. The second kappa shape index (κ2) is 8.11. The van der Waals surface area contributed by atoms with E-state index in [4.69, 9.17) is 10.2 Å². The fourth-order valence-electron chi connectivity index (χ4n) is 1.52. The van der Waals surface area contributed by atoms with E-state index in [-0.39, 0.29) is 19.0 Å². The minimum Gasteiger partial charge on any atom is -0.479 e. The number of amides is 2. The second-order valence-corrected chi connectivity index (χ2v) is 4.40. The number of likely N-dealkylation sites (N-methyl/N-ethyl adjacent to an activating group) is 1. The lowest BCUT2D eigenvalue weighted by molar-refractivity contribution is -0.146. The molecule has 0 saturated heterocycles. The molecule has 20 heavy (non-hydrogen) atoms. The Morgan fingerprint density at radius 3 is 2.65 bits per heavy atom. The number of aliphatic hydroxyl groups excluding tert-OH is 1. The van der Waals surface area contributed by atoms with Gasteiger partial charge in [-0.1, -0.05) is 0 Å². The summed E-state index contributed by atoms with van der Waals surface area (Å²) >= 11 is 0. The summed E-state index contributed by atoms with van der Waals surface area (Å²) in [6.07, 6.45) is 2.65. The van der Waals surface area contributed by atoms with Gasteiger partial charge in [0.15, 0.2) is 6.10 Å². The predicted octanol–water partition coefficient (Wildman–Crippen LogP) is 0.101. The van der Waals surface area contributed by atoms with Crippen LogP contribution < -0.4 is 5.32 Å². The van der Waals surface area contributed by atoms with Crippen LogP contribution in [-0.2, 0) is 11.2 Å². The largest absolute Gasteiger partial charge is 0.479 e. The van der Waals surface area contributed by atoms with E-state index in [1.807, 2.05) is 12.1 Å². The second-order valence-electron chi connectivity index (χ2n) is 4.40. The van der Waals surface area contributed by atoms with Crippen LogP contribution in [0, 0.1) is 0 Å².